The summed E-state index contributed by atoms with van der Waals surface area (Å²) in [6.45, 7) is 1.69. The second-order valence-corrected chi connectivity index (χ2v) is 4.58. The molecule has 1 atom stereocenters. The zero-order valence-electron chi connectivity index (χ0n) is 10.3. The van der Waals surface area contributed by atoms with Crippen LogP contribution in [0.15, 0.2) is 30.3 Å². The highest BCUT2D eigenvalue weighted by atomic mass is 19.1. The lowest BCUT2D eigenvalue weighted by Gasteiger charge is -2.24. The lowest BCUT2D eigenvalue weighted by Crippen LogP contribution is -2.36. The molecular formula is C14H18FNO2. The number of halogens is 1. The van der Waals surface area contributed by atoms with Gasteiger partial charge in [0.1, 0.15) is 6.61 Å². The van der Waals surface area contributed by atoms with Gasteiger partial charge in [0.25, 0.3) is 0 Å². The van der Waals surface area contributed by atoms with Gasteiger partial charge in [-0.25, -0.2) is 9.18 Å². The maximum atomic E-state index is 13.9. The summed E-state index contributed by atoms with van der Waals surface area (Å²) in [7, 11) is 0. The summed E-state index contributed by atoms with van der Waals surface area (Å²) in [6, 6.07) is 9.32. The number of ether oxygens (including phenoxy) is 1. The van der Waals surface area contributed by atoms with Crippen molar-refractivity contribution in [3.8, 4) is 0 Å². The number of rotatable bonds is 4. The third-order valence-electron chi connectivity index (χ3n) is 3.25. The van der Waals surface area contributed by atoms with E-state index >= 15 is 0 Å². The molecule has 2 rings (SSSR count). The minimum atomic E-state index is -1.49. The van der Waals surface area contributed by atoms with Crippen LogP contribution in [0.25, 0.3) is 0 Å². The summed E-state index contributed by atoms with van der Waals surface area (Å²) in [4.78, 5) is 11.6. The number of hydrogen-bond donors (Lipinski definition) is 1. The van der Waals surface area contributed by atoms with Gasteiger partial charge in [0.2, 0.25) is 0 Å². The molecular weight excluding hydrogens is 233 g/mol. The van der Waals surface area contributed by atoms with Crippen molar-refractivity contribution < 1.29 is 13.9 Å². The van der Waals surface area contributed by atoms with Crippen molar-refractivity contribution in [2.75, 3.05) is 13.1 Å². The molecule has 1 aliphatic heterocycles. The molecule has 1 aromatic carbocycles. The van der Waals surface area contributed by atoms with E-state index in [0.29, 0.717) is 12.8 Å². The van der Waals surface area contributed by atoms with Crippen LogP contribution in [-0.4, -0.2) is 25.2 Å². The average molecular weight is 251 g/mol. The van der Waals surface area contributed by atoms with E-state index < -0.39 is 12.1 Å². The summed E-state index contributed by atoms with van der Waals surface area (Å²) in [5, 5.41) is 3.15. The Kier molecular flexibility index (Phi) is 4.70. The number of carbonyl (C=O) groups excluding carboxylic acids is 1. The SMILES string of the molecule is O=C(OCc1ccccc1)C(F)C1CCNCC1. The van der Waals surface area contributed by atoms with Gasteiger partial charge in [0.15, 0.2) is 6.17 Å². The maximum Gasteiger partial charge on any atom is 0.341 e. The van der Waals surface area contributed by atoms with Gasteiger partial charge in [-0.05, 0) is 31.5 Å². The van der Waals surface area contributed by atoms with Crippen LogP contribution in [0, 0.1) is 5.92 Å². The fourth-order valence-corrected chi connectivity index (χ4v) is 2.14. The number of carbonyl (C=O) groups is 1. The summed E-state index contributed by atoms with van der Waals surface area (Å²) in [5.74, 6) is -0.930. The summed E-state index contributed by atoms with van der Waals surface area (Å²) in [6.07, 6.45) is -0.0979. The van der Waals surface area contributed by atoms with Gasteiger partial charge in [0.05, 0.1) is 0 Å². The normalized spacial score (nSPS) is 18.3. The molecule has 1 aromatic rings. The first-order valence-corrected chi connectivity index (χ1v) is 6.32. The van der Waals surface area contributed by atoms with Gasteiger partial charge in [-0.3, -0.25) is 0 Å². The Bertz CT molecular complexity index is 377. The zero-order valence-corrected chi connectivity index (χ0v) is 10.3. The Balaban J connectivity index is 1.80. The number of benzene rings is 1. The van der Waals surface area contributed by atoms with Crippen molar-refractivity contribution in [3.63, 3.8) is 0 Å². The van der Waals surface area contributed by atoms with Crippen molar-refractivity contribution in [1.82, 2.24) is 5.32 Å². The monoisotopic (exact) mass is 251 g/mol. The smallest absolute Gasteiger partial charge is 0.341 e. The molecule has 3 nitrogen and oxygen atoms in total. The zero-order chi connectivity index (χ0) is 12.8. The molecule has 0 bridgehead atoms. The lowest BCUT2D eigenvalue weighted by molar-refractivity contribution is -0.153. The highest BCUT2D eigenvalue weighted by Crippen LogP contribution is 2.20. The van der Waals surface area contributed by atoms with Gasteiger partial charge in [-0.2, -0.15) is 0 Å². The maximum absolute atomic E-state index is 13.9. The molecule has 1 N–H and O–H groups in total. The standard InChI is InChI=1S/C14H18FNO2/c15-13(12-6-8-16-9-7-12)14(17)18-10-11-4-2-1-3-5-11/h1-5,12-13,16H,6-10H2. The largest absolute Gasteiger partial charge is 0.459 e. The third-order valence-corrected chi connectivity index (χ3v) is 3.25. The topological polar surface area (TPSA) is 38.3 Å². The first-order valence-electron chi connectivity index (χ1n) is 6.32. The minimum Gasteiger partial charge on any atom is -0.459 e. The highest BCUT2D eigenvalue weighted by molar-refractivity contribution is 5.74. The summed E-state index contributed by atoms with van der Waals surface area (Å²) < 4.78 is 18.9. The van der Waals surface area contributed by atoms with Crippen molar-refractivity contribution in [2.45, 2.75) is 25.6 Å². The predicted molar refractivity (Wildman–Crippen MR) is 66.7 cm³/mol. The Morgan fingerprint density at radius 1 is 1.33 bits per heavy atom. The van der Waals surface area contributed by atoms with Gasteiger partial charge in [-0.15, -0.1) is 0 Å². The lowest BCUT2D eigenvalue weighted by atomic mass is 9.93. The molecule has 0 saturated carbocycles. The minimum absolute atomic E-state index is 0.144. The van der Waals surface area contributed by atoms with E-state index in [0.717, 1.165) is 18.7 Å². The second kappa shape index (κ2) is 6.50. The van der Waals surface area contributed by atoms with Crippen LogP contribution in [0.1, 0.15) is 18.4 Å². The van der Waals surface area contributed by atoms with Crippen molar-refractivity contribution >= 4 is 5.97 Å². The van der Waals surface area contributed by atoms with E-state index in [2.05, 4.69) is 5.32 Å². The average Bonchev–Trinajstić information content (AvgIpc) is 2.46. The quantitative estimate of drug-likeness (QED) is 0.832. The molecule has 0 amide bonds. The first-order chi connectivity index (χ1) is 8.77. The van der Waals surface area contributed by atoms with Crippen LogP contribution in [0.3, 0.4) is 0 Å². The summed E-state index contributed by atoms with van der Waals surface area (Å²) >= 11 is 0. The molecule has 1 unspecified atom stereocenters. The highest BCUT2D eigenvalue weighted by Gasteiger charge is 2.30. The number of alkyl halides is 1. The van der Waals surface area contributed by atoms with Gasteiger partial charge < -0.3 is 10.1 Å². The van der Waals surface area contributed by atoms with Gasteiger partial charge >= 0.3 is 5.97 Å². The number of esters is 1. The van der Waals surface area contributed by atoms with Crippen LogP contribution in [0.5, 0.6) is 0 Å². The second-order valence-electron chi connectivity index (χ2n) is 4.58. The predicted octanol–water partition coefficient (Wildman–Crippen LogP) is 2.07. The van der Waals surface area contributed by atoms with E-state index in [1.54, 1.807) is 0 Å². The van der Waals surface area contributed by atoms with Crippen molar-refractivity contribution in [3.05, 3.63) is 35.9 Å². The Morgan fingerprint density at radius 2 is 2.00 bits per heavy atom. The third kappa shape index (κ3) is 3.53. The van der Waals surface area contributed by atoms with Gasteiger partial charge in [-0.1, -0.05) is 30.3 Å². The van der Waals surface area contributed by atoms with E-state index in [-0.39, 0.29) is 12.5 Å². The Hall–Kier alpha value is -1.42. The van der Waals surface area contributed by atoms with E-state index in [4.69, 9.17) is 4.74 Å². The molecule has 4 heteroatoms. The molecule has 1 fully saturated rings. The van der Waals surface area contributed by atoms with E-state index in [1.807, 2.05) is 30.3 Å². The molecule has 0 radical (unpaired) electrons. The molecule has 1 heterocycles. The van der Waals surface area contributed by atoms with E-state index in [1.165, 1.54) is 0 Å². The molecule has 0 aromatic heterocycles. The molecule has 18 heavy (non-hydrogen) atoms. The molecule has 98 valence electrons. The summed E-state index contributed by atoms with van der Waals surface area (Å²) in [5.41, 5.74) is 0.878. The number of piperidine rings is 1. The Morgan fingerprint density at radius 3 is 2.67 bits per heavy atom. The molecule has 1 aliphatic rings. The number of nitrogens with one attached hydrogen (secondary N) is 1. The fraction of sp³-hybridized carbons (Fsp3) is 0.500. The first kappa shape index (κ1) is 13.0. The van der Waals surface area contributed by atoms with Crippen molar-refractivity contribution in [2.24, 2.45) is 5.92 Å². The van der Waals surface area contributed by atoms with Crippen LogP contribution in [0.2, 0.25) is 0 Å². The van der Waals surface area contributed by atoms with Crippen LogP contribution < -0.4 is 5.32 Å². The van der Waals surface area contributed by atoms with E-state index in [9.17, 15) is 9.18 Å². The molecule has 1 saturated heterocycles. The van der Waals surface area contributed by atoms with Crippen LogP contribution in [0.4, 0.5) is 4.39 Å². The van der Waals surface area contributed by atoms with Crippen LogP contribution >= 0.6 is 0 Å². The number of hydrogen-bond acceptors (Lipinski definition) is 3. The van der Waals surface area contributed by atoms with Crippen LogP contribution in [-0.2, 0) is 16.1 Å². The van der Waals surface area contributed by atoms with Gasteiger partial charge in [0, 0.05) is 5.92 Å². The fourth-order valence-electron chi connectivity index (χ4n) is 2.14. The Labute approximate surface area is 106 Å². The molecule has 0 aliphatic carbocycles. The molecule has 0 spiro atoms. The van der Waals surface area contributed by atoms with Crippen molar-refractivity contribution in [1.29, 1.82) is 0 Å².